The molecular formula is C9H10N4O2S. The van der Waals surface area contributed by atoms with Gasteiger partial charge in [0.25, 0.3) is 5.56 Å². The molecule has 2 heterocycles. The Morgan fingerprint density at radius 1 is 1.62 bits per heavy atom. The van der Waals surface area contributed by atoms with Gasteiger partial charge in [-0.1, -0.05) is 5.16 Å². The summed E-state index contributed by atoms with van der Waals surface area (Å²) >= 11 is 5.00. The van der Waals surface area contributed by atoms with Crippen molar-refractivity contribution >= 4 is 12.2 Å². The molecule has 0 aliphatic carbocycles. The van der Waals surface area contributed by atoms with Crippen LogP contribution in [0.2, 0.25) is 0 Å². The van der Waals surface area contributed by atoms with Crippen molar-refractivity contribution in [1.82, 2.24) is 19.7 Å². The van der Waals surface area contributed by atoms with Gasteiger partial charge < -0.3 is 9.09 Å². The molecule has 0 radical (unpaired) electrons. The van der Waals surface area contributed by atoms with Crippen LogP contribution in [0.3, 0.4) is 0 Å². The molecule has 1 N–H and O–H groups in total. The second kappa shape index (κ2) is 4.40. The predicted molar refractivity (Wildman–Crippen MR) is 58.6 cm³/mol. The highest BCUT2D eigenvalue weighted by molar-refractivity contribution is 7.71. The Hall–Kier alpha value is -1.76. The van der Waals surface area contributed by atoms with Gasteiger partial charge in [0.15, 0.2) is 10.6 Å². The van der Waals surface area contributed by atoms with Gasteiger partial charge >= 0.3 is 0 Å². The molecule has 2 aromatic heterocycles. The molecule has 0 amide bonds. The van der Waals surface area contributed by atoms with Crippen LogP contribution in [0.1, 0.15) is 11.7 Å². The van der Waals surface area contributed by atoms with Crippen LogP contribution in [0.25, 0.3) is 0 Å². The van der Waals surface area contributed by atoms with Crippen LogP contribution >= 0.6 is 12.2 Å². The number of aromatic nitrogens is 4. The van der Waals surface area contributed by atoms with Gasteiger partial charge in [0.1, 0.15) is 0 Å². The smallest absolute Gasteiger partial charge is 0.251 e. The third kappa shape index (κ3) is 2.43. The standard InChI is InChI=1S/C9H10N4O2S/c1-6-10-8(15-12-6)3-5-13-4-2-7(14)11-9(13)16/h2,4H,3,5H2,1H3,(H,11,14,16). The maximum absolute atomic E-state index is 10.9. The van der Waals surface area contributed by atoms with E-state index < -0.39 is 0 Å². The summed E-state index contributed by atoms with van der Waals surface area (Å²) in [6.07, 6.45) is 2.23. The van der Waals surface area contributed by atoms with Gasteiger partial charge in [0.05, 0.1) is 0 Å². The quantitative estimate of drug-likeness (QED) is 0.802. The Balaban J connectivity index is 2.10. The molecule has 0 bridgehead atoms. The molecule has 84 valence electrons. The van der Waals surface area contributed by atoms with Crippen molar-refractivity contribution in [3.8, 4) is 0 Å². The Kier molecular flexibility index (Phi) is 2.95. The lowest BCUT2D eigenvalue weighted by molar-refractivity contribution is 0.367. The summed E-state index contributed by atoms with van der Waals surface area (Å²) < 4.78 is 7.11. The third-order valence-corrected chi connectivity index (χ3v) is 2.37. The average Bonchev–Trinajstić information content (AvgIpc) is 2.63. The normalized spacial score (nSPS) is 10.6. The molecule has 0 aromatic carbocycles. The zero-order valence-electron chi connectivity index (χ0n) is 8.64. The summed E-state index contributed by atoms with van der Waals surface area (Å²) in [6, 6.07) is 1.43. The van der Waals surface area contributed by atoms with Crippen molar-refractivity contribution in [1.29, 1.82) is 0 Å². The Labute approximate surface area is 95.9 Å². The number of aryl methyl sites for hydroxylation is 3. The number of rotatable bonds is 3. The van der Waals surface area contributed by atoms with Crippen LogP contribution in [0.4, 0.5) is 0 Å². The molecule has 7 heteroatoms. The lowest BCUT2D eigenvalue weighted by atomic mass is 10.4. The summed E-state index contributed by atoms with van der Waals surface area (Å²) in [4.78, 5) is 17.6. The van der Waals surface area contributed by atoms with E-state index in [-0.39, 0.29) is 5.56 Å². The number of aromatic amines is 1. The van der Waals surface area contributed by atoms with Gasteiger partial charge in [-0.2, -0.15) is 4.98 Å². The van der Waals surface area contributed by atoms with E-state index in [4.69, 9.17) is 16.7 Å². The van der Waals surface area contributed by atoms with Crippen LogP contribution < -0.4 is 5.56 Å². The first-order valence-corrected chi connectivity index (χ1v) is 5.15. The zero-order chi connectivity index (χ0) is 11.5. The molecule has 0 unspecified atom stereocenters. The number of H-pyrrole nitrogens is 1. The van der Waals surface area contributed by atoms with Crippen LogP contribution in [0.15, 0.2) is 21.6 Å². The summed E-state index contributed by atoms with van der Waals surface area (Å²) in [5, 5.41) is 3.69. The first kappa shape index (κ1) is 10.7. The van der Waals surface area contributed by atoms with Crippen LogP contribution in [0.5, 0.6) is 0 Å². The van der Waals surface area contributed by atoms with Gasteiger partial charge in [0, 0.05) is 25.2 Å². The molecule has 2 rings (SSSR count). The Bertz CT molecular complexity index is 598. The Morgan fingerprint density at radius 3 is 3.06 bits per heavy atom. The van der Waals surface area contributed by atoms with E-state index in [1.807, 2.05) is 0 Å². The first-order chi connectivity index (χ1) is 7.65. The highest BCUT2D eigenvalue weighted by atomic mass is 32.1. The first-order valence-electron chi connectivity index (χ1n) is 4.74. The summed E-state index contributed by atoms with van der Waals surface area (Å²) in [5.41, 5.74) is -0.199. The molecule has 0 atom stereocenters. The molecule has 0 aliphatic heterocycles. The second-order valence-corrected chi connectivity index (χ2v) is 3.68. The fourth-order valence-electron chi connectivity index (χ4n) is 1.28. The van der Waals surface area contributed by atoms with E-state index in [1.165, 1.54) is 6.07 Å². The van der Waals surface area contributed by atoms with E-state index in [0.29, 0.717) is 29.5 Å². The van der Waals surface area contributed by atoms with Crippen molar-refractivity contribution in [2.24, 2.45) is 0 Å². The number of hydrogen-bond donors (Lipinski definition) is 1. The SMILES string of the molecule is Cc1noc(CCn2ccc(=O)[nH]c2=S)n1. The van der Waals surface area contributed by atoms with Crippen LogP contribution in [-0.2, 0) is 13.0 Å². The molecular weight excluding hydrogens is 228 g/mol. The molecule has 0 fully saturated rings. The monoisotopic (exact) mass is 238 g/mol. The van der Waals surface area contributed by atoms with Gasteiger partial charge in [-0.05, 0) is 19.1 Å². The van der Waals surface area contributed by atoms with Crippen molar-refractivity contribution in [3.05, 3.63) is 39.1 Å². The Morgan fingerprint density at radius 2 is 2.44 bits per heavy atom. The van der Waals surface area contributed by atoms with Gasteiger partial charge in [0.2, 0.25) is 5.89 Å². The average molecular weight is 238 g/mol. The van der Waals surface area contributed by atoms with Crippen LogP contribution in [-0.4, -0.2) is 19.7 Å². The maximum atomic E-state index is 10.9. The third-order valence-electron chi connectivity index (χ3n) is 2.03. The van der Waals surface area contributed by atoms with Gasteiger partial charge in [-0.3, -0.25) is 9.78 Å². The number of hydrogen-bond acceptors (Lipinski definition) is 5. The molecule has 6 nitrogen and oxygen atoms in total. The number of nitrogens with one attached hydrogen (secondary N) is 1. The van der Waals surface area contributed by atoms with Gasteiger partial charge in [-0.15, -0.1) is 0 Å². The van der Waals surface area contributed by atoms with Gasteiger partial charge in [-0.25, -0.2) is 0 Å². The van der Waals surface area contributed by atoms with E-state index >= 15 is 0 Å². The summed E-state index contributed by atoms with van der Waals surface area (Å²) in [5.74, 6) is 1.17. The predicted octanol–water partition coefficient (Wildman–Crippen LogP) is 0.840. The fraction of sp³-hybridized carbons (Fsp3) is 0.333. The summed E-state index contributed by atoms with van der Waals surface area (Å²) in [7, 11) is 0. The fourth-order valence-corrected chi connectivity index (χ4v) is 1.53. The second-order valence-electron chi connectivity index (χ2n) is 3.29. The van der Waals surface area contributed by atoms with E-state index in [9.17, 15) is 4.79 Å². The van der Waals surface area contributed by atoms with E-state index in [1.54, 1.807) is 17.7 Å². The van der Waals surface area contributed by atoms with Crippen molar-refractivity contribution in [3.63, 3.8) is 0 Å². The lowest BCUT2D eigenvalue weighted by Gasteiger charge is -2.02. The minimum atomic E-state index is -0.199. The molecule has 0 aliphatic rings. The van der Waals surface area contributed by atoms with Crippen molar-refractivity contribution in [2.75, 3.05) is 0 Å². The summed E-state index contributed by atoms with van der Waals surface area (Å²) in [6.45, 7) is 2.36. The van der Waals surface area contributed by atoms with E-state index in [2.05, 4.69) is 15.1 Å². The van der Waals surface area contributed by atoms with Crippen molar-refractivity contribution < 1.29 is 4.52 Å². The molecule has 0 saturated heterocycles. The van der Waals surface area contributed by atoms with E-state index in [0.717, 1.165) is 0 Å². The highest BCUT2D eigenvalue weighted by Gasteiger charge is 2.02. The lowest BCUT2D eigenvalue weighted by Crippen LogP contribution is -2.12. The highest BCUT2D eigenvalue weighted by Crippen LogP contribution is 1.99. The maximum Gasteiger partial charge on any atom is 0.251 e. The molecule has 0 spiro atoms. The molecule has 2 aromatic rings. The molecule has 0 saturated carbocycles. The minimum absolute atomic E-state index is 0.199. The largest absolute Gasteiger partial charge is 0.339 e. The van der Waals surface area contributed by atoms with Crippen molar-refractivity contribution in [2.45, 2.75) is 19.9 Å². The topological polar surface area (TPSA) is 76.7 Å². The molecule has 16 heavy (non-hydrogen) atoms. The number of nitrogens with zero attached hydrogens (tertiary/aromatic N) is 3. The zero-order valence-corrected chi connectivity index (χ0v) is 9.45. The van der Waals surface area contributed by atoms with Crippen LogP contribution in [0, 0.1) is 11.7 Å². The minimum Gasteiger partial charge on any atom is -0.339 e.